The van der Waals surface area contributed by atoms with Crippen molar-refractivity contribution < 1.29 is 9.90 Å². The van der Waals surface area contributed by atoms with Gasteiger partial charge in [-0.05, 0) is 19.4 Å². The number of aliphatic carboxylic acids is 1. The lowest BCUT2D eigenvalue weighted by atomic mass is 10.3. The van der Waals surface area contributed by atoms with Gasteiger partial charge >= 0.3 is 5.97 Å². The van der Waals surface area contributed by atoms with E-state index >= 15 is 0 Å². The third-order valence-electron chi connectivity index (χ3n) is 2.61. The summed E-state index contributed by atoms with van der Waals surface area (Å²) >= 11 is 0. The Kier molecular flexibility index (Phi) is 3.45. The van der Waals surface area contributed by atoms with Crippen molar-refractivity contribution in [3.05, 3.63) is 24.2 Å². The van der Waals surface area contributed by atoms with Crippen LogP contribution in [0.5, 0.6) is 0 Å². The van der Waals surface area contributed by atoms with Gasteiger partial charge in [-0.25, -0.2) is 9.50 Å². The molecule has 0 amide bonds. The topological polar surface area (TPSA) is 70.7 Å². The minimum Gasteiger partial charge on any atom is -0.480 e. The van der Waals surface area contributed by atoms with Gasteiger partial charge in [0, 0.05) is 18.9 Å². The number of nitrogens with zero attached hydrogens (tertiary/aromatic N) is 4. The number of carbonyl (C=O) groups is 1. The van der Waals surface area contributed by atoms with Crippen LogP contribution in [-0.4, -0.2) is 38.8 Å². The normalized spacial score (nSPS) is 10.8. The Balaban J connectivity index is 2.45. The van der Waals surface area contributed by atoms with Gasteiger partial charge in [0.25, 0.3) is 0 Å². The summed E-state index contributed by atoms with van der Waals surface area (Å²) in [5.41, 5.74) is 1.72. The summed E-state index contributed by atoms with van der Waals surface area (Å²) in [5.74, 6) is -0.189. The van der Waals surface area contributed by atoms with Crippen LogP contribution >= 0.6 is 0 Å². The van der Waals surface area contributed by atoms with Gasteiger partial charge in [-0.2, -0.15) is 5.10 Å². The third-order valence-corrected chi connectivity index (χ3v) is 2.61. The summed E-state index contributed by atoms with van der Waals surface area (Å²) in [6.45, 7) is 4.52. The first-order valence-corrected chi connectivity index (χ1v) is 5.89. The zero-order valence-corrected chi connectivity index (χ0v) is 10.5. The summed E-state index contributed by atoms with van der Waals surface area (Å²) in [4.78, 5) is 17.0. The molecule has 96 valence electrons. The third kappa shape index (κ3) is 2.42. The van der Waals surface area contributed by atoms with Crippen LogP contribution in [0.2, 0.25) is 0 Å². The van der Waals surface area contributed by atoms with Crippen molar-refractivity contribution in [1.29, 1.82) is 0 Å². The molecule has 0 aliphatic heterocycles. The molecule has 6 heteroatoms. The van der Waals surface area contributed by atoms with Gasteiger partial charge in [-0.1, -0.05) is 6.92 Å². The molecule has 0 spiro atoms. The highest BCUT2D eigenvalue weighted by Crippen LogP contribution is 2.19. The van der Waals surface area contributed by atoms with E-state index in [2.05, 4.69) is 10.1 Å². The van der Waals surface area contributed by atoms with Gasteiger partial charge in [0.1, 0.15) is 12.1 Å². The molecule has 0 atom stereocenters. The fraction of sp³-hybridized carbons (Fsp3) is 0.417. The molecular weight excluding hydrogens is 232 g/mol. The Morgan fingerprint density at radius 3 is 3.00 bits per heavy atom. The van der Waals surface area contributed by atoms with Crippen LogP contribution in [0, 0.1) is 6.92 Å². The second-order valence-electron chi connectivity index (χ2n) is 4.18. The van der Waals surface area contributed by atoms with Gasteiger partial charge in [-0.15, -0.1) is 0 Å². The first-order chi connectivity index (χ1) is 8.61. The van der Waals surface area contributed by atoms with Crippen LogP contribution in [0.1, 0.15) is 19.0 Å². The van der Waals surface area contributed by atoms with Crippen LogP contribution in [0.3, 0.4) is 0 Å². The second-order valence-corrected chi connectivity index (χ2v) is 4.18. The van der Waals surface area contributed by atoms with E-state index in [0.717, 1.165) is 17.6 Å². The molecule has 6 nitrogen and oxygen atoms in total. The van der Waals surface area contributed by atoms with E-state index in [4.69, 9.17) is 5.11 Å². The molecule has 2 aromatic heterocycles. The van der Waals surface area contributed by atoms with Crippen molar-refractivity contribution >= 4 is 17.3 Å². The summed E-state index contributed by atoms with van der Waals surface area (Å²) in [6, 6.07) is 1.91. The Labute approximate surface area is 105 Å². The molecule has 0 aliphatic carbocycles. The first kappa shape index (κ1) is 12.3. The molecule has 0 fully saturated rings. The van der Waals surface area contributed by atoms with Gasteiger partial charge in [-0.3, -0.25) is 4.79 Å². The van der Waals surface area contributed by atoms with E-state index in [9.17, 15) is 4.79 Å². The molecular formula is C12H16N4O2. The van der Waals surface area contributed by atoms with Gasteiger partial charge in [0.2, 0.25) is 0 Å². The molecule has 0 unspecified atom stereocenters. The maximum Gasteiger partial charge on any atom is 0.323 e. The molecule has 2 rings (SSSR count). The van der Waals surface area contributed by atoms with Gasteiger partial charge < -0.3 is 10.0 Å². The Bertz CT molecular complexity index is 564. The monoisotopic (exact) mass is 248 g/mol. The van der Waals surface area contributed by atoms with Crippen molar-refractivity contribution in [3.8, 4) is 0 Å². The number of hydrogen-bond donors (Lipinski definition) is 1. The predicted molar refractivity (Wildman–Crippen MR) is 67.9 cm³/mol. The number of aryl methyl sites for hydroxylation is 1. The second kappa shape index (κ2) is 5.03. The molecule has 0 radical (unpaired) electrons. The van der Waals surface area contributed by atoms with Crippen molar-refractivity contribution in [2.75, 3.05) is 18.0 Å². The number of aromatic nitrogens is 3. The number of carboxylic acid groups (broad SMARTS) is 1. The van der Waals surface area contributed by atoms with Crippen molar-refractivity contribution in [3.63, 3.8) is 0 Å². The summed E-state index contributed by atoms with van der Waals surface area (Å²) < 4.78 is 1.72. The highest BCUT2D eigenvalue weighted by molar-refractivity contribution is 5.77. The molecule has 0 aromatic carbocycles. The quantitative estimate of drug-likeness (QED) is 0.864. The van der Waals surface area contributed by atoms with E-state index in [1.54, 1.807) is 21.8 Å². The molecule has 1 N–H and O–H groups in total. The van der Waals surface area contributed by atoms with Crippen LogP contribution in [0.25, 0.3) is 5.52 Å². The zero-order chi connectivity index (χ0) is 13.1. The first-order valence-electron chi connectivity index (χ1n) is 5.89. The maximum atomic E-state index is 10.9. The Hall–Kier alpha value is -2.11. The average Bonchev–Trinajstić information content (AvgIpc) is 2.67. The summed E-state index contributed by atoms with van der Waals surface area (Å²) in [6.07, 6.45) is 4.26. The number of anilines is 1. The minimum atomic E-state index is -0.858. The highest BCUT2D eigenvalue weighted by atomic mass is 16.4. The van der Waals surface area contributed by atoms with E-state index < -0.39 is 5.97 Å². The maximum absolute atomic E-state index is 10.9. The largest absolute Gasteiger partial charge is 0.480 e. The number of hydrogen-bond acceptors (Lipinski definition) is 4. The Morgan fingerprint density at radius 2 is 2.33 bits per heavy atom. The van der Waals surface area contributed by atoms with Crippen LogP contribution in [0.15, 0.2) is 18.5 Å². The van der Waals surface area contributed by atoms with Crippen LogP contribution in [0.4, 0.5) is 5.82 Å². The smallest absolute Gasteiger partial charge is 0.323 e. The van der Waals surface area contributed by atoms with E-state index in [-0.39, 0.29) is 6.54 Å². The molecule has 0 aliphatic rings. The highest BCUT2D eigenvalue weighted by Gasteiger charge is 2.15. The van der Waals surface area contributed by atoms with E-state index in [0.29, 0.717) is 12.4 Å². The molecule has 0 bridgehead atoms. The molecule has 0 saturated heterocycles. The molecule has 2 aromatic rings. The number of rotatable bonds is 5. The number of fused-ring (bicyclic) bond motifs is 1. The standard InChI is InChI=1S/C12H16N4O2/c1-3-5-15(8-11(17)18)12-10-7-9(2)14-16(10)6-4-13-12/h4,6-7H,3,5,8H2,1-2H3,(H,17,18). The van der Waals surface area contributed by atoms with Crippen LogP contribution in [-0.2, 0) is 4.79 Å². The average molecular weight is 248 g/mol. The predicted octanol–water partition coefficient (Wildman–Crippen LogP) is 1.34. The minimum absolute atomic E-state index is 0.0509. The summed E-state index contributed by atoms with van der Waals surface area (Å²) in [5, 5.41) is 13.3. The number of carboxylic acids is 1. The summed E-state index contributed by atoms with van der Waals surface area (Å²) in [7, 11) is 0. The fourth-order valence-corrected chi connectivity index (χ4v) is 1.97. The fourth-order valence-electron chi connectivity index (χ4n) is 1.97. The van der Waals surface area contributed by atoms with E-state index in [1.807, 2.05) is 19.9 Å². The molecule has 18 heavy (non-hydrogen) atoms. The molecule has 0 saturated carbocycles. The van der Waals surface area contributed by atoms with Gasteiger partial charge in [0.05, 0.1) is 5.69 Å². The van der Waals surface area contributed by atoms with Crippen molar-refractivity contribution in [2.45, 2.75) is 20.3 Å². The van der Waals surface area contributed by atoms with Crippen molar-refractivity contribution in [2.24, 2.45) is 0 Å². The van der Waals surface area contributed by atoms with E-state index in [1.165, 1.54) is 0 Å². The molecule has 2 heterocycles. The lowest BCUT2D eigenvalue weighted by Gasteiger charge is -2.21. The van der Waals surface area contributed by atoms with Crippen LogP contribution < -0.4 is 4.90 Å². The Morgan fingerprint density at radius 1 is 1.56 bits per heavy atom. The van der Waals surface area contributed by atoms with Crippen molar-refractivity contribution in [1.82, 2.24) is 14.6 Å². The lowest BCUT2D eigenvalue weighted by molar-refractivity contribution is -0.135. The lowest BCUT2D eigenvalue weighted by Crippen LogP contribution is -2.31. The SMILES string of the molecule is CCCN(CC(=O)O)c1nccn2nc(C)cc12. The zero-order valence-electron chi connectivity index (χ0n) is 10.5. The van der Waals surface area contributed by atoms with Gasteiger partial charge in [0.15, 0.2) is 5.82 Å².